The van der Waals surface area contributed by atoms with Gasteiger partial charge in [0.05, 0.1) is 16.6 Å². The van der Waals surface area contributed by atoms with E-state index in [1.54, 1.807) is 11.3 Å². The van der Waals surface area contributed by atoms with Crippen LogP contribution in [-0.4, -0.2) is 23.5 Å². The van der Waals surface area contributed by atoms with Crippen LogP contribution in [0.4, 0.5) is 0 Å². The minimum absolute atomic E-state index is 0.510. The van der Waals surface area contributed by atoms with Crippen molar-refractivity contribution < 1.29 is 0 Å². The Balaban J connectivity index is 1.82. The van der Waals surface area contributed by atoms with Crippen molar-refractivity contribution in [1.82, 2.24) is 9.88 Å². The molecule has 19 heavy (non-hydrogen) atoms. The van der Waals surface area contributed by atoms with Crippen LogP contribution in [0.3, 0.4) is 0 Å². The lowest BCUT2D eigenvalue weighted by molar-refractivity contribution is 0.331. The van der Waals surface area contributed by atoms with Gasteiger partial charge in [-0.2, -0.15) is 0 Å². The molecule has 1 heterocycles. The second-order valence-electron chi connectivity index (χ2n) is 4.84. The molecule has 1 aromatic heterocycles. The van der Waals surface area contributed by atoms with E-state index in [0.29, 0.717) is 5.88 Å². The van der Waals surface area contributed by atoms with Crippen LogP contribution in [0, 0.1) is 6.92 Å². The van der Waals surface area contributed by atoms with Crippen molar-refractivity contribution in [3.8, 4) is 0 Å². The normalized spacial score (nSPS) is 11.2. The number of likely N-dealkylation sites (N-methyl/N-ethyl adjacent to an activating group) is 1. The van der Waals surface area contributed by atoms with Crippen LogP contribution in [0.15, 0.2) is 29.6 Å². The number of aryl methyl sites for hydroxylation is 1. The maximum absolute atomic E-state index is 5.76. The first kappa shape index (κ1) is 14.5. The third-order valence-corrected chi connectivity index (χ3v) is 4.21. The predicted octanol–water partition coefficient (Wildman–Crippen LogP) is 3.86. The minimum Gasteiger partial charge on any atom is -0.302 e. The maximum atomic E-state index is 5.76. The largest absolute Gasteiger partial charge is 0.302 e. The molecule has 0 radical (unpaired) electrons. The predicted molar refractivity (Wildman–Crippen MR) is 82.9 cm³/mol. The zero-order chi connectivity index (χ0) is 13.7. The van der Waals surface area contributed by atoms with E-state index in [2.05, 4.69) is 48.1 Å². The van der Waals surface area contributed by atoms with E-state index in [1.165, 1.54) is 16.1 Å². The molecule has 0 bridgehead atoms. The average Bonchev–Trinajstić information content (AvgIpc) is 2.84. The van der Waals surface area contributed by atoms with E-state index in [4.69, 9.17) is 11.6 Å². The van der Waals surface area contributed by atoms with E-state index < -0.39 is 0 Å². The van der Waals surface area contributed by atoms with E-state index in [1.807, 2.05) is 5.38 Å². The number of aromatic nitrogens is 1. The standard InChI is InChI=1S/C15H19ClN2S/c1-12-4-3-5-13(8-12)10-18(2)7-6-15-17-14(9-16)11-19-15/h3-5,8,11H,6-7,9-10H2,1-2H3. The van der Waals surface area contributed by atoms with Gasteiger partial charge in [-0.3, -0.25) is 0 Å². The summed E-state index contributed by atoms with van der Waals surface area (Å²) in [5.74, 6) is 0.510. The second-order valence-corrected chi connectivity index (χ2v) is 6.05. The topological polar surface area (TPSA) is 16.1 Å². The summed E-state index contributed by atoms with van der Waals surface area (Å²) in [5.41, 5.74) is 3.67. The summed E-state index contributed by atoms with van der Waals surface area (Å²) in [4.78, 5) is 6.81. The van der Waals surface area contributed by atoms with Crippen molar-refractivity contribution in [2.45, 2.75) is 25.8 Å². The fourth-order valence-electron chi connectivity index (χ4n) is 2.01. The molecule has 0 aliphatic heterocycles. The summed E-state index contributed by atoms with van der Waals surface area (Å²) in [6.07, 6.45) is 0.990. The molecule has 0 spiro atoms. The number of alkyl halides is 1. The highest BCUT2D eigenvalue weighted by Crippen LogP contribution is 2.13. The molecule has 0 saturated heterocycles. The first-order valence-corrected chi connectivity index (χ1v) is 7.82. The van der Waals surface area contributed by atoms with Gasteiger partial charge in [-0.25, -0.2) is 4.98 Å². The Labute approximate surface area is 124 Å². The van der Waals surface area contributed by atoms with Gasteiger partial charge < -0.3 is 4.90 Å². The number of halogens is 1. The molecule has 0 amide bonds. The quantitative estimate of drug-likeness (QED) is 0.752. The van der Waals surface area contributed by atoms with Gasteiger partial charge in [0.15, 0.2) is 0 Å². The van der Waals surface area contributed by atoms with Gasteiger partial charge in [0.2, 0.25) is 0 Å². The molecule has 2 aromatic rings. The van der Waals surface area contributed by atoms with Crippen molar-refractivity contribution >= 4 is 22.9 Å². The Kier molecular flexibility index (Phi) is 5.37. The van der Waals surface area contributed by atoms with Gasteiger partial charge in [0, 0.05) is 24.9 Å². The van der Waals surface area contributed by atoms with Gasteiger partial charge in [0.25, 0.3) is 0 Å². The van der Waals surface area contributed by atoms with Gasteiger partial charge in [-0.05, 0) is 19.5 Å². The molecule has 0 aliphatic carbocycles. The zero-order valence-corrected chi connectivity index (χ0v) is 13.0. The summed E-state index contributed by atoms with van der Waals surface area (Å²) in [5, 5.41) is 3.22. The van der Waals surface area contributed by atoms with E-state index in [-0.39, 0.29) is 0 Å². The highest BCUT2D eigenvalue weighted by molar-refractivity contribution is 7.09. The SMILES string of the molecule is Cc1cccc(CN(C)CCc2nc(CCl)cs2)c1. The number of thiazole rings is 1. The Morgan fingerprint density at radius 1 is 1.37 bits per heavy atom. The molecular weight excluding hydrogens is 276 g/mol. The monoisotopic (exact) mass is 294 g/mol. The first-order chi connectivity index (χ1) is 9.17. The molecule has 0 atom stereocenters. The van der Waals surface area contributed by atoms with Crippen LogP contribution in [-0.2, 0) is 18.8 Å². The van der Waals surface area contributed by atoms with Crippen LogP contribution in [0.5, 0.6) is 0 Å². The average molecular weight is 295 g/mol. The molecule has 0 fully saturated rings. The van der Waals surface area contributed by atoms with Gasteiger partial charge in [-0.1, -0.05) is 29.8 Å². The molecule has 0 unspecified atom stereocenters. The lowest BCUT2D eigenvalue weighted by Crippen LogP contribution is -2.20. The van der Waals surface area contributed by atoms with Crippen molar-refractivity contribution in [2.24, 2.45) is 0 Å². The Morgan fingerprint density at radius 2 is 2.21 bits per heavy atom. The highest BCUT2D eigenvalue weighted by atomic mass is 35.5. The van der Waals surface area contributed by atoms with Gasteiger partial charge in [0.1, 0.15) is 0 Å². The molecular formula is C15H19ClN2S. The fourth-order valence-corrected chi connectivity index (χ4v) is 3.03. The van der Waals surface area contributed by atoms with Crippen LogP contribution in [0.25, 0.3) is 0 Å². The van der Waals surface area contributed by atoms with Crippen molar-refractivity contribution in [3.05, 3.63) is 51.5 Å². The summed E-state index contributed by atoms with van der Waals surface area (Å²) in [6.45, 7) is 4.13. The smallest absolute Gasteiger partial charge is 0.0941 e. The number of nitrogens with zero attached hydrogens (tertiary/aromatic N) is 2. The second kappa shape index (κ2) is 7.04. The molecule has 4 heteroatoms. The third-order valence-electron chi connectivity index (χ3n) is 2.98. The van der Waals surface area contributed by atoms with E-state index in [0.717, 1.165) is 25.2 Å². The number of benzene rings is 1. The molecule has 0 aliphatic rings. The number of hydrogen-bond acceptors (Lipinski definition) is 3. The van der Waals surface area contributed by atoms with Gasteiger partial charge in [-0.15, -0.1) is 22.9 Å². The van der Waals surface area contributed by atoms with Gasteiger partial charge >= 0.3 is 0 Å². The lowest BCUT2D eigenvalue weighted by atomic mass is 10.1. The van der Waals surface area contributed by atoms with Crippen molar-refractivity contribution in [1.29, 1.82) is 0 Å². The van der Waals surface area contributed by atoms with Crippen LogP contribution >= 0.6 is 22.9 Å². The third kappa shape index (κ3) is 4.60. The molecule has 2 rings (SSSR count). The summed E-state index contributed by atoms with van der Waals surface area (Å²) >= 11 is 7.46. The summed E-state index contributed by atoms with van der Waals surface area (Å²) in [7, 11) is 2.15. The zero-order valence-electron chi connectivity index (χ0n) is 11.4. The highest BCUT2D eigenvalue weighted by Gasteiger charge is 2.04. The van der Waals surface area contributed by atoms with Crippen LogP contribution in [0.1, 0.15) is 21.8 Å². The van der Waals surface area contributed by atoms with Crippen LogP contribution in [0.2, 0.25) is 0 Å². The number of hydrogen-bond donors (Lipinski definition) is 0. The molecule has 0 saturated carbocycles. The van der Waals surface area contributed by atoms with E-state index >= 15 is 0 Å². The van der Waals surface area contributed by atoms with Crippen LogP contribution < -0.4 is 0 Å². The summed E-state index contributed by atoms with van der Waals surface area (Å²) < 4.78 is 0. The first-order valence-electron chi connectivity index (χ1n) is 6.40. The van der Waals surface area contributed by atoms with Crippen molar-refractivity contribution in [2.75, 3.05) is 13.6 Å². The summed E-state index contributed by atoms with van der Waals surface area (Å²) in [6, 6.07) is 8.67. The molecule has 0 N–H and O–H groups in total. The molecule has 2 nitrogen and oxygen atoms in total. The molecule has 1 aromatic carbocycles. The number of rotatable bonds is 6. The minimum atomic E-state index is 0.510. The Morgan fingerprint density at radius 3 is 2.89 bits per heavy atom. The van der Waals surface area contributed by atoms with Crippen molar-refractivity contribution in [3.63, 3.8) is 0 Å². The maximum Gasteiger partial charge on any atom is 0.0941 e. The Bertz CT molecular complexity index is 524. The Hall–Kier alpha value is -0.900. The molecule has 102 valence electrons. The lowest BCUT2D eigenvalue weighted by Gasteiger charge is -2.16. The van der Waals surface area contributed by atoms with E-state index in [9.17, 15) is 0 Å². The fraction of sp³-hybridized carbons (Fsp3) is 0.400.